The van der Waals surface area contributed by atoms with Crippen molar-refractivity contribution in [2.45, 2.75) is 13.3 Å². The number of likely N-dealkylation sites (N-methyl/N-ethyl adjacent to an activating group) is 1. The quantitative estimate of drug-likeness (QED) is 0.596. The van der Waals surface area contributed by atoms with Crippen molar-refractivity contribution in [3.8, 4) is 5.69 Å². The maximum atomic E-state index is 10.5. The molecule has 0 atom stereocenters. The SMILES string of the molecule is Cc1c(Cl)ccc2c(-n3ccnc3)cc(N(C)CCOCCC(=O)O)nc12. The topological polar surface area (TPSA) is 80.5 Å². The molecule has 7 nitrogen and oxygen atoms in total. The van der Waals surface area contributed by atoms with Gasteiger partial charge in [-0.15, -0.1) is 0 Å². The fraction of sp³-hybridized carbons (Fsp3) is 0.316. The number of aryl methyl sites for hydroxylation is 1. The summed E-state index contributed by atoms with van der Waals surface area (Å²) in [6, 6.07) is 5.83. The Bertz CT molecular complexity index is 944. The molecule has 0 aliphatic rings. The minimum atomic E-state index is -0.864. The molecular weight excluding hydrogens is 368 g/mol. The van der Waals surface area contributed by atoms with Gasteiger partial charge < -0.3 is 19.3 Å². The predicted octanol–water partition coefficient (Wildman–Crippen LogP) is 3.31. The van der Waals surface area contributed by atoms with E-state index in [4.69, 9.17) is 26.4 Å². The van der Waals surface area contributed by atoms with Gasteiger partial charge in [0.1, 0.15) is 5.82 Å². The van der Waals surface area contributed by atoms with Gasteiger partial charge in [0, 0.05) is 42.5 Å². The number of aliphatic carboxylic acids is 1. The van der Waals surface area contributed by atoms with Gasteiger partial charge in [-0.05, 0) is 24.6 Å². The Kier molecular flexibility index (Phi) is 5.93. The molecule has 2 aromatic heterocycles. The van der Waals surface area contributed by atoms with Crippen LogP contribution in [0.5, 0.6) is 0 Å². The summed E-state index contributed by atoms with van der Waals surface area (Å²) in [6.45, 7) is 3.15. The zero-order chi connectivity index (χ0) is 19.4. The van der Waals surface area contributed by atoms with Crippen molar-refractivity contribution in [3.63, 3.8) is 0 Å². The molecule has 0 fully saturated rings. The second kappa shape index (κ2) is 8.37. The third-order valence-corrected chi connectivity index (χ3v) is 4.75. The van der Waals surface area contributed by atoms with Crippen LogP contribution in [-0.2, 0) is 9.53 Å². The summed E-state index contributed by atoms with van der Waals surface area (Å²) in [5, 5.41) is 10.3. The van der Waals surface area contributed by atoms with E-state index in [0.29, 0.717) is 18.2 Å². The Balaban J connectivity index is 1.89. The maximum absolute atomic E-state index is 10.5. The van der Waals surface area contributed by atoms with Crippen LogP contribution < -0.4 is 4.90 Å². The second-order valence-electron chi connectivity index (χ2n) is 6.22. The number of pyridine rings is 1. The number of rotatable bonds is 8. The van der Waals surface area contributed by atoms with Crippen LogP contribution in [0, 0.1) is 6.92 Å². The summed E-state index contributed by atoms with van der Waals surface area (Å²) in [5.41, 5.74) is 2.72. The minimum absolute atomic E-state index is 0.000407. The molecule has 0 aliphatic carbocycles. The Morgan fingerprint density at radius 1 is 1.37 bits per heavy atom. The number of hydrogen-bond acceptors (Lipinski definition) is 5. The van der Waals surface area contributed by atoms with E-state index in [9.17, 15) is 4.79 Å². The lowest BCUT2D eigenvalue weighted by Crippen LogP contribution is -2.24. The van der Waals surface area contributed by atoms with E-state index in [2.05, 4.69) is 4.98 Å². The number of carboxylic acid groups (broad SMARTS) is 1. The molecule has 2 heterocycles. The lowest BCUT2D eigenvalue weighted by Gasteiger charge is -2.21. The van der Waals surface area contributed by atoms with Gasteiger partial charge in [0.15, 0.2) is 0 Å². The molecule has 0 spiro atoms. The molecule has 0 unspecified atom stereocenters. The standard InChI is InChI=1S/C19H21ClN4O3/c1-13-15(20)4-3-14-16(24-7-6-21-12-24)11-17(22-19(13)14)23(2)8-10-27-9-5-18(25)26/h3-4,6-7,11-12H,5,8-10H2,1-2H3,(H,25,26). The van der Waals surface area contributed by atoms with Crippen molar-refractivity contribution in [2.75, 3.05) is 31.7 Å². The number of imidazole rings is 1. The molecule has 0 aliphatic heterocycles. The average Bonchev–Trinajstić information content (AvgIpc) is 3.18. The second-order valence-corrected chi connectivity index (χ2v) is 6.62. The number of carbonyl (C=O) groups is 1. The molecule has 27 heavy (non-hydrogen) atoms. The lowest BCUT2D eigenvalue weighted by atomic mass is 10.1. The van der Waals surface area contributed by atoms with Gasteiger partial charge in [-0.3, -0.25) is 4.79 Å². The predicted molar refractivity (Wildman–Crippen MR) is 105 cm³/mol. The van der Waals surface area contributed by atoms with E-state index in [1.165, 1.54) is 0 Å². The molecule has 1 aromatic carbocycles. The van der Waals surface area contributed by atoms with Crippen LogP contribution in [0.25, 0.3) is 16.6 Å². The van der Waals surface area contributed by atoms with Gasteiger partial charge in [-0.2, -0.15) is 0 Å². The number of ether oxygens (including phenoxy) is 1. The van der Waals surface area contributed by atoms with Crippen molar-refractivity contribution in [1.29, 1.82) is 0 Å². The fourth-order valence-electron chi connectivity index (χ4n) is 2.76. The van der Waals surface area contributed by atoms with E-state index in [-0.39, 0.29) is 13.0 Å². The van der Waals surface area contributed by atoms with Gasteiger partial charge in [-0.25, -0.2) is 9.97 Å². The zero-order valence-corrected chi connectivity index (χ0v) is 16.0. The molecule has 0 amide bonds. The lowest BCUT2D eigenvalue weighted by molar-refractivity contribution is -0.138. The Morgan fingerprint density at radius 2 is 2.19 bits per heavy atom. The molecule has 0 bridgehead atoms. The average molecular weight is 389 g/mol. The number of aromatic nitrogens is 3. The molecule has 3 rings (SSSR count). The summed E-state index contributed by atoms with van der Waals surface area (Å²) in [7, 11) is 1.92. The Hall–Kier alpha value is -2.64. The van der Waals surface area contributed by atoms with Crippen LogP contribution in [0.3, 0.4) is 0 Å². The molecule has 0 saturated heterocycles. The number of benzene rings is 1. The number of carboxylic acids is 1. The summed E-state index contributed by atoms with van der Waals surface area (Å²) < 4.78 is 7.33. The Morgan fingerprint density at radius 3 is 2.89 bits per heavy atom. The highest BCUT2D eigenvalue weighted by atomic mass is 35.5. The molecule has 8 heteroatoms. The normalized spacial score (nSPS) is 11.1. The number of hydrogen-bond donors (Lipinski definition) is 1. The number of anilines is 1. The molecule has 142 valence electrons. The van der Waals surface area contributed by atoms with Gasteiger partial charge in [0.2, 0.25) is 0 Å². The van der Waals surface area contributed by atoms with Crippen molar-refractivity contribution in [2.24, 2.45) is 0 Å². The number of halogens is 1. The van der Waals surface area contributed by atoms with E-state index in [1.807, 2.05) is 47.8 Å². The first-order chi connectivity index (χ1) is 13.0. The van der Waals surface area contributed by atoms with E-state index in [1.54, 1.807) is 12.5 Å². The van der Waals surface area contributed by atoms with Crippen LogP contribution in [-0.4, -0.2) is 52.4 Å². The van der Waals surface area contributed by atoms with Crippen molar-refractivity contribution in [1.82, 2.24) is 14.5 Å². The van der Waals surface area contributed by atoms with Crippen LogP contribution in [0.2, 0.25) is 5.02 Å². The maximum Gasteiger partial charge on any atom is 0.305 e. The Labute approximate surface area is 162 Å². The zero-order valence-electron chi connectivity index (χ0n) is 15.2. The largest absolute Gasteiger partial charge is 0.481 e. The van der Waals surface area contributed by atoms with Gasteiger partial charge in [-0.1, -0.05) is 11.6 Å². The van der Waals surface area contributed by atoms with Crippen LogP contribution in [0.4, 0.5) is 5.82 Å². The summed E-state index contributed by atoms with van der Waals surface area (Å²) in [4.78, 5) is 21.4. The van der Waals surface area contributed by atoms with E-state index < -0.39 is 5.97 Å². The highest BCUT2D eigenvalue weighted by Crippen LogP contribution is 2.31. The monoisotopic (exact) mass is 388 g/mol. The van der Waals surface area contributed by atoms with E-state index in [0.717, 1.165) is 28.0 Å². The third kappa shape index (κ3) is 4.37. The van der Waals surface area contributed by atoms with Crippen LogP contribution in [0.1, 0.15) is 12.0 Å². The number of fused-ring (bicyclic) bond motifs is 1. The first kappa shape index (κ1) is 19.1. The molecule has 0 saturated carbocycles. The van der Waals surface area contributed by atoms with Crippen molar-refractivity contribution >= 4 is 34.3 Å². The van der Waals surface area contributed by atoms with Crippen LogP contribution in [0.15, 0.2) is 36.9 Å². The highest BCUT2D eigenvalue weighted by Gasteiger charge is 2.13. The van der Waals surface area contributed by atoms with Crippen LogP contribution >= 0.6 is 11.6 Å². The molecule has 0 radical (unpaired) electrons. The van der Waals surface area contributed by atoms with Crippen molar-refractivity contribution < 1.29 is 14.6 Å². The summed E-state index contributed by atoms with van der Waals surface area (Å²) >= 11 is 6.30. The highest BCUT2D eigenvalue weighted by molar-refractivity contribution is 6.32. The minimum Gasteiger partial charge on any atom is -0.481 e. The van der Waals surface area contributed by atoms with E-state index >= 15 is 0 Å². The molecule has 3 aromatic rings. The first-order valence-corrected chi connectivity index (χ1v) is 8.94. The molecular formula is C19H21ClN4O3. The fourth-order valence-corrected chi connectivity index (χ4v) is 2.91. The van der Waals surface area contributed by atoms with Gasteiger partial charge in [0.25, 0.3) is 0 Å². The summed E-state index contributed by atoms with van der Waals surface area (Å²) in [5.74, 6) is -0.0877. The van der Waals surface area contributed by atoms with Crippen molar-refractivity contribution in [3.05, 3.63) is 47.5 Å². The van der Waals surface area contributed by atoms with Gasteiger partial charge in [0.05, 0.1) is 37.2 Å². The van der Waals surface area contributed by atoms with Gasteiger partial charge >= 0.3 is 5.97 Å². The smallest absolute Gasteiger partial charge is 0.305 e. The molecule has 1 N–H and O–H groups in total. The third-order valence-electron chi connectivity index (χ3n) is 4.34. The summed E-state index contributed by atoms with van der Waals surface area (Å²) in [6.07, 6.45) is 5.37. The first-order valence-electron chi connectivity index (χ1n) is 8.56. The number of nitrogens with zero attached hydrogens (tertiary/aromatic N) is 4.